The fraction of sp³-hybridized carbons (Fsp3) is 0.381. The van der Waals surface area contributed by atoms with E-state index in [4.69, 9.17) is 4.98 Å². The summed E-state index contributed by atoms with van der Waals surface area (Å²) in [6.45, 7) is 7.14. The Kier molecular flexibility index (Phi) is 4.64. The molecule has 2 aromatic heterocycles. The quantitative estimate of drug-likeness (QED) is 0.695. The number of rotatable bonds is 4. The van der Waals surface area contributed by atoms with Crippen LogP contribution in [-0.4, -0.2) is 28.0 Å². The molecule has 3 aromatic rings. The van der Waals surface area contributed by atoms with E-state index >= 15 is 0 Å². The lowest BCUT2D eigenvalue weighted by Gasteiger charge is -2.38. The van der Waals surface area contributed by atoms with Crippen molar-refractivity contribution in [2.24, 2.45) is 5.41 Å². The predicted octanol–water partition coefficient (Wildman–Crippen LogP) is 4.40. The number of hydrogen-bond donors (Lipinski definition) is 1. The van der Waals surface area contributed by atoms with Gasteiger partial charge in [-0.05, 0) is 42.0 Å². The molecule has 140 valence electrons. The van der Waals surface area contributed by atoms with Gasteiger partial charge in [-0.1, -0.05) is 32.0 Å². The second kappa shape index (κ2) is 7.10. The second-order valence-corrected chi connectivity index (χ2v) is 7.88. The van der Waals surface area contributed by atoms with Crippen molar-refractivity contribution in [2.45, 2.75) is 33.2 Å². The van der Waals surface area contributed by atoms with Crippen LogP contribution in [0.4, 0.5) is 16.2 Å². The molecule has 0 aliphatic carbocycles. The molecule has 6 heteroatoms. The molecule has 3 heterocycles. The average molecular weight is 365 g/mol. The Morgan fingerprint density at radius 3 is 2.59 bits per heavy atom. The van der Waals surface area contributed by atoms with Crippen molar-refractivity contribution in [1.82, 2.24) is 15.0 Å². The molecule has 1 saturated heterocycles. The number of aromatic nitrogens is 3. The molecular formula is C21H24FN5. The van der Waals surface area contributed by atoms with Gasteiger partial charge in [-0.15, -0.1) is 0 Å². The van der Waals surface area contributed by atoms with Crippen LogP contribution in [0.3, 0.4) is 0 Å². The zero-order chi connectivity index (χ0) is 18.9. The lowest BCUT2D eigenvalue weighted by molar-refractivity contribution is 0.279. The highest BCUT2D eigenvalue weighted by Crippen LogP contribution is 2.34. The summed E-state index contributed by atoms with van der Waals surface area (Å²) < 4.78 is 13.0. The fourth-order valence-corrected chi connectivity index (χ4v) is 3.40. The highest BCUT2D eigenvalue weighted by molar-refractivity contribution is 5.90. The molecule has 0 saturated carbocycles. The number of fused-ring (bicyclic) bond motifs is 1. The third-order valence-corrected chi connectivity index (χ3v) is 5.24. The molecule has 1 aliphatic heterocycles. The number of nitrogens with one attached hydrogen (secondary N) is 1. The summed E-state index contributed by atoms with van der Waals surface area (Å²) in [6, 6.07) is 11.2. The van der Waals surface area contributed by atoms with Crippen LogP contribution >= 0.6 is 0 Å². The van der Waals surface area contributed by atoms with Gasteiger partial charge in [0.05, 0.1) is 5.52 Å². The minimum absolute atomic E-state index is 0.385. The highest BCUT2D eigenvalue weighted by atomic mass is 19.1. The topological polar surface area (TPSA) is 53.9 Å². The molecule has 0 bridgehead atoms. The largest absolute Gasteiger partial charge is 0.356 e. The molecule has 4 rings (SSSR count). The summed E-state index contributed by atoms with van der Waals surface area (Å²) >= 11 is 0. The molecule has 27 heavy (non-hydrogen) atoms. The van der Waals surface area contributed by atoms with Crippen molar-refractivity contribution in [2.75, 3.05) is 23.3 Å². The van der Waals surface area contributed by atoms with Crippen molar-refractivity contribution in [3.05, 3.63) is 54.1 Å². The number of anilines is 2. The van der Waals surface area contributed by atoms with Gasteiger partial charge in [0.2, 0.25) is 11.9 Å². The standard InChI is InChI=1S/C21H24FN5/c1-21(2)9-11-27(12-10-21)19-16-5-3-4-6-17(16)25-20(26-19)24-14-15-7-8-18(22)23-13-15/h3-8,13H,9-12,14H2,1-2H3,(H,24,25,26). The van der Waals surface area contributed by atoms with Crippen LogP contribution in [0.15, 0.2) is 42.6 Å². The van der Waals surface area contributed by atoms with Crippen LogP contribution in [0, 0.1) is 11.4 Å². The first-order valence-electron chi connectivity index (χ1n) is 9.36. The van der Waals surface area contributed by atoms with Gasteiger partial charge in [0.25, 0.3) is 0 Å². The molecule has 0 atom stereocenters. The van der Waals surface area contributed by atoms with Crippen LogP contribution in [0.1, 0.15) is 32.3 Å². The number of benzene rings is 1. The normalized spacial score (nSPS) is 16.5. The molecule has 0 spiro atoms. The molecule has 0 radical (unpaired) electrons. The van der Waals surface area contributed by atoms with Gasteiger partial charge in [-0.3, -0.25) is 0 Å². The third-order valence-electron chi connectivity index (χ3n) is 5.24. The van der Waals surface area contributed by atoms with E-state index < -0.39 is 5.95 Å². The smallest absolute Gasteiger partial charge is 0.225 e. The van der Waals surface area contributed by atoms with Gasteiger partial charge in [0.1, 0.15) is 5.82 Å². The molecule has 1 N–H and O–H groups in total. The van der Waals surface area contributed by atoms with Gasteiger partial charge in [0.15, 0.2) is 0 Å². The van der Waals surface area contributed by atoms with Crippen molar-refractivity contribution in [3.63, 3.8) is 0 Å². The minimum Gasteiger partial charge on any atom is -0.356 e. The van der Waals surface area contributed by atoms with E-state index in [1.54, 1.807) is 6.07 Å². The fourth-order valence-electron chi connectivity index (χ4n) is 3.40. The van der Waals surface area contributed by atoms with E-state index in [0.29, 0.717) is 17.9 Å². The monoisotopic (exact) mass is 365 g/mol. The number of hydrogen-bond acceptors (Lipinski definition) is 5. The van der Waals surface area contributed by atoms with Crippen LogP contribution in [0.25, 0.3) is 10.9 Å². The zero-order valence-corrected chi connectivity index (χ0v) is 15.7. The Balaban J connectivity index is 1.61. The Labute approximate surface area is 158 Å². The van der Waals surface area contributed by atoms with Crippen molar-refractivity contribution in [1.29, 1.82) is 0 Å². The molecule has 1 fully saturated rings. The number of para-hydroxylation sites is 1. The second-order valence-electron chi connectivity index (χ2n) is 7.88. The van der Waals surface area contributed by atoms with Crippen molar-refractivity contribution >= 4 is 22.7 Å². The summed E-state index contributed by atoms with van der Waals surface area (Å²) in [5.41, 5.74) is 2.19. The maximum Gasteiger partial charge on any atom is 0.225 e. The lowest BCUT2D eigenvalue weighted by atomic mass is 9.82. The van der Waals surface area contributed by atoms with Gasteiger partial charge >= 0.3 is 0 Å². The third kappa shape index (κ3) is 3.99. The number of piperidine rings is 1. The minimum atomic E-state index is -0.476. The first-order chi connectivity index (χ1) is 13.0. The van der Waals surface area contributed by atoms with Gasteiger partial charge in [-0.25, -0.2) is 9.97 Å². The molecule has 0 unspecified atom stereocenters. The van der Waals surface area contributed by atoms with Crippen LogP contribution < -0.4 is 10.2 Å². The SMILES string of the molecule is CC1(C)CCN(c2nc(NCc3ccc(F)nc3)nc3ccccc23)CC1. The maximum absolute atomic E-state index is 13.0. The number of halogens is 1. The van der Waals surface area contributed by atoms with Crippen LogP contribution in [0.5, 0.6) is 0 Å². The number of nitrogens with zero attached hydrogens (tertiary/aromatic N) is 4. The first-order valence-corrected chi connectivity index (χ1v) is 9.36. The molecular weight excluding hydrogens is 341 g/mol. The summed E-state index contributed by atoms with van der Waals surface area (Å²) in [6.07, 6.45) is 3.82. The van der Waals surface area contributed by atoms with E-state index in [1.165, 1.54) is 12.3 Å². The van der Waals surface area contributed by atoms with E-state index in [9.17, 15) is 4.39 Å². The Morgan fingerprint density at radius 1 is 1.07 bits per heavy atom. The molecule has 0 amide bonds. The summed E-state index contributed by atoms with van der Waals surface area (Å²) in [5, 5.41) is 4.33. The first kappa shape index (κ1) is 17.6. The van der Waals surface area contributed by atoms with Crippen LogP contribution in [0.2, 0.25) is 0 Å². The van der Waals surface area contributed by atoms with Crippen molar-refractivity contribution < 1.29 is 4.39 Å². The molecule has 5 nitrogen and oxygen atoms in total. The number of pyridine rings is 1. The van der Waals surface area contributed by atoms with E-state index in [1.807, 2.05) is 18.2 Å². The average Bonchev–Trinajstić information content (AvgIpc) is 2.67. The molecule has 1 aromatic carbocycles. The van der Waals surface area contributed by atoms with Crippen LogP contribution in [-0.2, 0) is 6.54 Å². The van der Waals surface area contributed by atoms with Gasteiger partial charge in [-0.2, -0.15) is 9.37 Å². The Morgan fingerprint density at radius 2 is 1.85 bits per heavy atom. The van der Waals surface area contributed by atoms with Gasteiger partial charge in [0, 0.05) is 31.2 Å². The van der Waals surface area contributed by atoms with Crippen molar-refractivity contribution in [3.8, 4) is 0 Å². The highest BCUT2D eigenvalue weighted by Gasteiger charge is 2.27. The van der Waals surface area contributed by atoms with E-state index in [2.05, 4.69) is 40.1 Å². The van der Waals surface area contributed by atoms with E-state index in [-0.39, 0.29) is 0 Å². The predicted molar refractivity (Wildman–Crippen MR) is 106 cm³/mol. The Hall–Kier alpha value is -2.76. The molecule has 1 aliphatic rings. The van der Waals surface area contributed by atoms with Gasteiger partial charge < -0.3 is 10.2 Å². The van der Waals surface area contributed by atoms with E-state index in [0.717, 1.165) is 48.2 Å². The lowest BCUT2D eigenvalue weighted by Crippen LogP contribution is -2.38. The zero-order valence-electron chi connectivity index (χ0n) is 15.7. The summed E-state index contributed by atoms with van der Waals surface area (Å²) in [7, 11) is 0. The summed E-state index contributed by atoms with van der Waals surface area (Å²) in [5.74, 6) is 1.09. The maximum atomic E-state index is 13.0. The Bertz CT molecular complexity index is 929. The summed E-state index contributed by atoms with van der Waals surface area (Å²) in [4.78, 5) is 15.5.